The molecule has 2 unspecified atom stereocenters. The number of hydrogen-bond acceptors (Lipinski definition) is 4. The van der Waals surface area contributed by atoms with E-state index in [1.54, 1.807) is 6.66 Å². The molecule has 1 fully saturated rings. The third kappa shape index (κ3) is 3.46. The minimum Gasteiger partial charge on any atom is -0.330 e. The SMILES string of the molecule is CP1(=O)NC(CCSO)CCO1. The van der Waals surface area contributed by atoms with Gasteiger partial charge in [0.15, 0.2) is 0 Å². The predicted octanol–water partition coefficient (Wildman–Crippen LogP) is 1.78. The lowest BCUT2D eigenvalue weighted by molar-refractivity contribution is 0.251. The van der Waals surface area contributed by atoms with Crippen LogP contribution in [0.3, 0.4) is 0 Å². The Morgan fingerprint density at radius 1 is 1.83 bits per heavy atom. The number of rotatable bonds is 3. The third-order valence-corrected chi connectivity index (χ3v) is 3.71. The zero-order valence-electron chi connectivity index (χ0n) is 7.02. The second kappa shape index (κ2) is 4.63. The van der Waals surface area contributed by atoms with E-state index >= 15 is 0 Å². The third-order valence-electron chi connectivity index (χ3n) is 1.78. The van der Waals surface area contributed by atoms with E-state index in [4.69, 9.17) is 9.08 Å². The van der Waals surface area contributed by atoms with Gasteiger partial charge < -0.3 is 9.08 Å². The van der Waals surface area contributed by atoms with E-state index in [9.17, 15) is 4.57 Å². The van der Waals surface area contributed by atoms with Crippen molar-refractivity contribution >= 4 is 19.6 Å². The Morgan fingerprint density at radius 3 is 3.17 bits per heavy atom. The lowest BCUT2D eigenvalue weighted by atomic mass is 10.2. The summed E-state index contributed by atoms with van der Waals surface area (Å²) >= 11 is 0.825. The fraction of sp³-hybridized carbons (Fsp3) is 1.00. The van der Waals surface area contributed by atoms with Crippen molar-refractivity contribution in [3.63, 3.8) is 0 Å². The van der Waals surface area contributed by atoms with E-state index in [-0.39, 0.29) is 6.04 Å². The molecular weight excluding hydrogens is 197 g/mol. The normalized spacial score (nSPS) is 36.7. The zero-order chi connectivity index (χ0) is 9.03. The molecule has 0 aromatic rings. The molecule has 72 valence electrons. The van der Waals surface area contributed by atoms with Crippen LogP contribution in [0.2, 0.25) is 0 Å². The summed E-state index contributed by atoms with van der Waals surface area (Å²) in [6.45, 7) is 2.15. The molecule has 4 nitrogen and oxygen atoms in total. The molecule has 2 N–H and O–H groups in total. The molecule has 0 amide bonds. The second-order valence-electron chi connectivity index (χ2n) is 2.92. The first-order chi connectivity index (χ1) is 5.64. The van der Waals surface area contributed by atoms with Gasteiger partial charge in [-0.25, -0.2) is 5.09 Å². The Morgan fingerprint density at radius 2 is 2.58 bits per heavy atom. The molecule has 0 aromatic heterocycles. The van der Waals surface area contributed by atoms with Crippen LogP contribution >= 0.6 is 19.6 Å². The highest BCUT2D eigenvalue weighted by Crippen LogP contribution is 2.41. The summed E-state index contributed by atoms with van der Waals surface area (Å²) in [6.07, 6.45) is 1.71. The van der Waals surface area contributed by atoms with Crippen LogP contribution in [-0.4, -0.2) is 29.6 Å². The van der Waals surface area contributed by atoms with Gasteiger partial charge in [0.05, 0.1) is 6.61 Å². The van der Waals surface area contributed by atoms with Crippen LogP contribution in [0.1, 0.15) is 12.8 Å². The van der Waals surface area contributed by atoms with Crippen LogP contribution in [0.5, 0.6) is 0 Å². The van der Waals surface area contributed by atoms with Crippen LogP contribution in [0, 0.1) is 0 Å². The summed E-state index contributed by atoms with van der Waals surface area (Å²) in [5.41, 5.74) is 0. The predicted molar refractivity (Wildman–Crippen MR) is 50.7 cm³/mol. The van der Waals surface area contributed by atoms with Gasteiger partial charge in [0.2, 0.25) is 0 Å². The first-order valence-electron chi connectivity index (χ1n) is 3.90. The van der Waals surface area contributed by atoms with Crippen LogP contribution in [-0.2, 0) is 9.09 Å². The van der Waals surface area contributed by atoms with Gasteiger partial charge in [-0.3, -0.25) is 4.57 Å². The van der Waals surface area contributed by atoms with Crippen molar-refractivity contribution in [3.05, 3.63) is 0 Å². The van der Waals surface area contributed by atoms with Crippen LogP contribution in [0.25, 0.3) is 0 Å². The maximum Gasteiger partial charge on any atom is 0.267 e. The Balaban J connectivity index is 2.31. The summed E-state index contributed by atoms with van der Waals surface area (Å²) in [7, 11) is -2.52. The molecule has 0 spiro atoms. The fourth-order valence-corrected chi connectivity index (χ4v) is 3.05. The molecule has 1 heterocycles. The number of nitrogens with one attached hydrogen (secondary N) is 1. The molecule has 12 heavy (non-hydrogen) atoms. The average molecular weight is 211 g/mol. The van der Waals surface area contributed by atoms with Gasteiger partial charge in [0.1, 0.15) is 0 Å². The first-order valence-corrected chi connectivity index (χ1v) is 6.92. The minimum atomic E-state index is -2.52. The van der Waals surface area contributed by atoms with E-state index in [1.165, 1.54) is 0 Å². The summed E-state index contributed by atoms with van der Waals surface area (Å²) in [4.78, 5) is 0. The molecule has 1 aliphatic rings. The topological polar surface area (TPSA) is 58.6 Å². The van der Waals surface area contributed by atoms with Crippen molar-refractivity contribution in [3.8, 4) is 0 Å². The second-order valence-corrected chi connectivity index (χ2v) is 5.79. The molecule has 2 atom stereocenters. The maximum absolute atomic E-state index is 11.4. The van der Waals surface area contributed by atoms with Gasteiger partial charge in [-0.1, -0.05) is 0 Å². The van der Waals surface area contributed by atoms with E-state index in [1.807, 2.05) is 0 Å². The van der Waals surface area contributed by atoms with E-state index in [0.717, 1.165) is 24.9 Å². The van der Waals surface area contributed by atoms with Gasteiger partial charge in [0, 0.05) is 18.5 Å². The lowest BCUT2D eigenvalue weighted by Crippen LogP contribution is -2.33. The molecule has 1 aliphatic heterocycles. The van der Waals surface area contributed by atoms with Crippen molar-refractivity contribution in [1.29, 1.82) is 0 Å². The van der Waals surface area contributed by atoms with Crippen LogP contribution < -0.4 is 5.09 Å². The zero-order valence-corrected chi connectivity index (χ0v) is 8.74. The summed E-state index contributed by atoms with van der Waals surface area (Å²) in [5, 5.41) is 2.94. The molecule has 0 aliphatic carbocycles. The standard InChI is InChI=1S/C6H14NO3PS/c1-11(8)7-6(2-4-10-11)3-5-12-9/h6,9H,2-5H2,1H3,(H,7,8). The van der Waals surface area contributed by atoms with Crippen molar-refractivity contribution in [2.24, 2.45) is 0 Å². The van der Waals surface area contributed by atoms with Crippen molar-refractivity contribution in [1.82, 2.24) is 5.09 Å². The van der Waals surface area contributed by atoms with Gasteiger partial charge in [-0.05, 0) is 24.9 Å². The largest absolute Gasteiger partial charge is 0.330 e. The molecule has 6 heteroatoms. The van der Waals surface area contributed by atoms with Crippen molar-refractivity contribution < 1.29 is 13.6 Å². The van der Waals surface area contributed by atoms with Gasteiger partial charge in [-0.15, -0.1) is 0 Å². The lowest BCUT2D eigenvalue weighted by Gasteiger charge is -2.28. The van der Waals surface area contributed by atoms with Crippen LogP contribution in [0.4, 0.5) is 0 Å². The molecule has 1 saturated heterocycles. The molecule has 1 rings (SSSR count). The maximum atomic E-state index is 11.4. The minimum absolute atomic E-state index is 0.231. The fourth-order valence-electron chi connectivity index (χ4n) is 1.21. The Labute approximate surface area is 76.8 Å². The highest BCUT2D eigenvalue weighted by molar-refractivity contribution is 7.93. The Bertz CT molecular complexity index is 190. The molecular formula is C6H14NO3PS. The summed E-state index contributed by atoms with van der Waals surface area (Å²) < 4.78 is 25.0. The van der Waals surface area contributed by atoms with E-state index in [2.05, 4.69) is 5.09 Å². The van der Waals surface area contributed by atoms with Gasteiger partial charge in [0.25, 0.3) is 7.52 Å². The van der Waals surface area contributed by atoms with Gasteiger partial charge >= 0.3 is 0 Å². The molecule has 0 bridgehead atoms. The highest BCUT2D eigenvalue weighted by atomic mass is 32.2. The summed E-state index contributed by atoms with van der Waals surface area (Å²) in [5.74, 6) is 0.678. The van der Waals surface area contributed by atoms with Crippen molar-refractivity contribution in [2.45, 2.75) is 18.9 Å². The quantitative estimate of drug-likeness (QED) is 0.550. The van der Waals surface area contributed by atoms with Crippen molar-refractivity contribution in [2.75, 3.05) is 19.0 Å². The van der Waals surface area contributed by atoms with E-state index in [0.29, 0.717) is 12.4 Å². The van der Waals surface area contributed by atoms with E-state index < -0.39 is 7.52 Å². The smallest absolute Gasteiger partial charge is 0.267 e. The average Bonchev–Trinajstić information content (AvgIpc) is 1.99. The Hall–Kier alpha value is 0.460. The first kappa shape index (κ1) is 10.5. The number of hydrogen-bond donors (Lipinski definition) is 2. The van der Waals surface area contributed by atoms with Crippen LogP contribution in [0.15, 0.2) is 0 Å². The monoisotopic (exact) mass is 211 g/mol. The highest BCUT2D eigenvalue weighted by Gasteiger charge is 2.25. The van der Waals surface area contributed by atoms with Gasteiger partial charge in [-0.2, -0.15) is 0 Å². The Kier molecular flexibility index (Phi) is 4.06. The molecule has 0 saturated carbocycles. The molecule has 0 aromatic carbocycles. The molecule has 0 radical (unpaired) electrons. The summed E-state index contributed by atoms with van der Waals surface area (Å²) in [6, 6.07) is 0.231.